The van der Waals surface area contributed by atoms with Crippen molar-refractivity contribution in [2.75, 3.05) is 7.11 Å². The maximum atomic E-state index is 12.2. The monoisotopic (exact) mass is 352 g/mol. The minimum atomic E-state index is -0.266. The standard InChI is InChI=1S/C19H20N4O3/c1-13-5-3-6-14(21-13)11-20-19(24)18-9-15(22-23-18)12-26-17-8-4-7-16(10-17)25-2/h3-10H,11-12H2,1-2H3,(H,20,24)(H,22,23). The van der Waals surface area contributed by atoms with E-state index in [1.807, 2.05) is 43.3 Å². The molecular formula is C19H20N4O3. The molecule has 1 amide bonds. The Morgan fingerprint density at radius 2 is 1.96 bits per heavy atom. The van der Waals surface area contributed by atoms with Crippen LogP contribution in [0.15, 0.2) is 48.5 Å². The van der Waals surface area contributed by atoms with Crippen LogP contribution in [-0.2, 0) is 13.2 Å². The summed E-state index contributed by atoms with van der Waals surface area (Å²) in [5.74, 6) is 1.13. The Bertz CT molecular complexity index is 892. The number of carbonyl (C=O) groups excluding carboxylic acids is 1. The quantitative estimate of drug-likeness (QED) is 0.682. The van der Waals surface area contributed by atoms with Gasteiger partial charge in [0.2, 0.25) is 0 Å². The summed E-state index contributed by atoms with van der Waals surface area (Å²) in [4.78, 5) is 16.5. The van der Waals surface area contributed by atoms with Crippen LogP contribution in [0.4, 0.5) is 0 Å². The third-order valence-electron chi connectivity index (χ3n) is 3.68. The summed E-state index contributed by atoms with van der Waals surface area (Å²) in [5.41, 5.74) is 2.72. The topological polar surface area (TPSA) is 89.1 Å². The molecule has 2 N–H and O–H groups in total. The number of pyridine rings is 1. The van der Waals surface area contributed by atoms with Gasteiger partial charge in [-0.25, -0.2) is 0 Å². The van der Waals surface area contributed by atoms with E-state index in [2.05, 4.69) is 20.5 Å². The number of rotatable bonds is 7. The number of carbonyl (C=O) groups is 1. The average Bonchev–Trinajstić information content (AvgIpc) is 3.14. The van der Waals surface area contributed by atoms with Crippen LogP contribution in [0.1, 0.15) is 27.6 Å². The number of hydrogen-bond donors (Lipinski definition) is 2. The van der Waals surface area contributed by atoms with E-state index in [0.29, 0.717) is 23.7 Å². The lowest BCUT2D eigenvalue weighted by atomic mass is 10.3. The Kier molecular flexibility index (Phi) is 5.48. The highest BCUT2D eigenvalue weighted by Gasteiger charge is 2.11. The minimum absolute atomic E-state index is 0.266. The number of benzene rings is 1. The maximum absolute atomic E-state index is 12.2. The van der Waals surface area contributed by atoms with Gasteiger partial charge < -0.3 is 14.8 Å². The van der Waals surface area contributed by atoms with Crippen LogP contribution in [0.25, 0.3) is 0 Å². The lowest BCUT2D eigenvalue weighted by Crippen LogP contribution is -2.23. The van der Waals surface area contributed by atoms with E-state index >= 15 is 0 Å². The maximum Gasteiger partial charge on any atom is 0.272 e. The molecule has 2 aromatic heterocycles. The summed E-state index contributed by atoms with van der Waals surface area (Å²) in [5, 5.41) is 9.64. The number of aromatic amines is 1. The summed E-state index contributed by atoms with van der Waals surface area (Å²) < 4.78 is 10.8. The zero-order valence-electron chi connectivity index (χ0n) is 14.7. The summed E-state index contributed by atoms with van der Waals surface area (Å²) in [6.45, 7) is 2.53. The molecule has 0 atom stereocenters. The fraction of sp³-hybridized carbons (Fsp3) is 0.211. The van der Waals surface area contributed by atoms with Crippen molar-refractivity contribution in [1.29, 1.82) is 0 Å². The van der Waals surface area contributed by atoms with Gasteiger partial charge in [0.05, 0.1) is 25.0 Å². The molecule has 1 aromatic carbocycles. The van der Waals surface area contributed by atoms with Gasteiger partial charge in [0, 0.05) is 11.8 Å². The van der Waals surface area contributed by atoms with Crippen molar-refractivity contribution in [2.24, 2.45) is 0 Å². The summed E-state index contributed by atoms with van der Waals surface area (Å²) >= 11 is 0. The largest absolute Gasteiger partial charge is 0.497 e. The second-order valence-electron chi connectivity index (χ2n) is 5.70. The molecule has 3 aromatic rings. The lowest BCUT2D eigenvalue weighted by Gasteiger charge is -2.06. The molecule has 0 fully saturated rings. The Balaban J connectivity index is 1.54. The van der Waals surface area contributed by atoms with Gasteiger partial charge in [-0.05, 0) is 37.3 Å². The molecule has 7 heteroatoms. The van der Waals surface area contributed by atoms with Gasteiger partial charge in [0.25, 0.3) is 5.91 Å². The molecule has 0 aliphatic carbocycles. The normalized spacial score (nSPS) is 10.4. The number of ether oxygens (including phenoxy) is 2. The number of methoxy groups -OCH3 is 1. The summed E-state index contributed by atoms with van der Waals surface area (Å²) in [6.07, 6.45) is 0. The van der Waals surface area contributed by atoms with Crippen molar-refractivity contribution in [3.8, 4) is 11.5 Å². The van der Waals surface area contributed by atoms with Crippen LogP contribution in [0.3, 0.4) is 0 Å². The molecule has 3 rings (SSSR count). The van der Waals surface area contributed by atoms with Gasteiger partial charge in [-0.1, -0.05) is 12.1 Å². The van der Waals surface area contributed by atoms with Crippen LogP contribution < -0.4 is 14.8 Å². The average molecular weight is 352 g/mol. The van der Waals surface area contributed by atoms with Crippen LogP contribution >= 0.6 is 0 Å². The SMILES string of the molecule is COc1cccc(OCc2cc(C(=O)NCc3cccc(C)n3)n[nH]2)c1. The first-order chi connectivity index (χ1) is 12.6. The minimum Gasteiger partial charge on any atom is -0.497 e. The number of hydrogen-bond acceptors (Lipinski definition) is 5. The third-order valence-corrected chi connectivity index (χ3v) is 3.68. The van der Waals surface area contributed by atoms with Gasteiger partial charge in [0.1, 0.15) is 23.8 Å². The predicted molar refractivity (Wildman–Crippen MR) is 96.1 cm³/mol. The Hall–Kier alpha value is -3.35. The number of nitrogens with zero attached hydrogens (tertiary/aromatic N) is 2. The van der Waals surface area contributed by atoms with E-state index in [0.717, 1.165) is 17.1 Å². The van der Waals surface area contributed by atoms with Gasteiger partial charge in [0.15, 0.2) is 0 Å². The third kappa shape index (κ3) is 4.60. The van der Waals surface area contributed by atoms with E-state index in [-0.39, 0.29) is 12.5 Å². The highest BCUT2D eigenvalue weighted by atomic mass is 16.5. The first-order valence-corrected chi connectivity index (χ1v) is 8.16. The zero-order chi connectivity index (χ0) is 18.4. The molecule has 26 heavy (non-hydrogen) atoms. The number of nitrogens with one attached hydrogen (secondary N) is 2. The van der Waals surface area contributed by atoms with Crippen molar-refractivity contribution in [1.82, 2.24) is 20.5 Å². The molecular weight excluding hydrogens is 332 g/mol. The molecule has 0 aliphatic heterocycles. The smallest absolute Gasteiger partial charge is 0.272 e. The van der Waals surface area contributed by atoms with Gasteiger partial charge >= 0.3 is 0 Å². The molecule has 0 saturated heterocycles. The second kappa shape index (κ2) is 8.15. The highest BCUT2D eigenvalue weighted by Crippen LogP contribution is 2.19. The molecule has 0 aliphatic rings. The fourth-order valence-corrected chi connectivity index (χ4v) is 2.36. The van der Waals surface area contributed by atoms with E-state index < -0.39 is 0 Å². The Morgan fingerprint density at radius 3 is 2.77 bits per heavy atom. The lowest BCUT2D eigenvalue weighted by molar-refractivity contribution is 0.0945. The van der Waals surface area contributed by atoms with Crippen LogP contribution in [0, 0.1) is 6.92 Å². The molecule has 0 saturated carbocycles. The molecule has 134 valence electrons. The van der Waals surface area contributed by atoms with E-state index in [1.165, 1.54) is 0 Å². The zero-order valence-corrected chi connectivity index (χ0v) is 14.7. The van der Waals surface area contributed by atoms with Crippen molar-refractivity contribution < 1.29 is 14.3 Å². The van der Waals surface area contributed by atoms with Gasteiger partial charge in [-0.3, -0.25) is 14.9 Å². The summed E-state index contributed by atoms with van der Waals surface area (Å²) in [7, 11) is 1.60. The first kappa shape index (κ1) is 17.5. The van der Waals surface area contributed by atoms with Crippen LogP contribution in [0.2, 0.25) is 0 Å². The van der Waals surface area contributed by atoms with Crippen LogP contribution in [-0.4, -0.2) is 28.2 Å². The molecule has 2 heterocycles. The number of aryl methyl sites for hydroxylation is 1. The number of aromatic nitrogens is 3. The highest BCUT2D eigenvalue weighted by molar-refractivity contribution is 5.92. The van der Waals surface area contributed by atoms with Crippen molar-refractivity contribution in [3.05, 3.63) is 71.3 Å². The molecule has 7 nitrogen and oxygen atoms in total. The Morgan fingerprint density at radius 1 is 1.15 bits per heavy atom. The molecule has 0 spiro atoms. The van der Waals surface area contributed by atoms with E-state index in [9.17, 15) is 4.79 Å². The van der Waals surface area contributed by atoms with Crippen molar-refractivity contribution in [3.63, 3.8) is 0 Å². The number of H-pyrrole nitrogens is 1. The number of amides is 1. The molecule has 0 radical (unpaired) electrons. The predicted octanol–water partition coefficient (Wildman–Crippen LogP) is 2.63. The van der Waals surface area contributed by atoms with Gasteiger partial charge in [-0.2, -0.15) is 5.10 Å². The van der Waals surface area contributed by atoms with Gasteiger partial charge in [-0.15, -0.1) is 0 Å². The Labute approximate surface area is 151 Å². The second-order valence-corrected chi connectivity index (χ2v) is 5.70. The summed E-state index contributed by atoms with van der Waals surface area (Å²) in [6, 6.07) is 14.7. The molecule has 0 bridgehead atoms. The van der Waals surface area contributed by atoms with E-state index in [1.54, 1.807) is 19.2 Å². The van der Waals surface area contributed by atoms with Crippen molar-refractivity contribution >= 4 is 5.91 Å². The van der Waals surface area contributed by atoms with E-state index in [4.69, 9.17) is 9.47 Å². The fourth-order valence-electron chi connectivity index (χ4n) is 2.36. The first-order valence-electron chi connectivity index (χ1n) is 8.16. The molecule has 0 unspecified atom stereocenters. The van der Waals surface area contributed by atoms with Crippen LogP contribution in [0.5, 0.6) is 11.5 Å². The van der Waals surface area contributed by atoms with Crippen molar-refractivity contribution in [2.45, 2.75) is 20.1 Å².